The second-order valence-corrected chi connectivity index (χ2v) is 3.87. The van der Waals surface area contributed by atoms with E-state index in [0.29, 0.717) is 12.4 Å². The Labute approximate surface area is 95.2 Å². The molecular weight excluding hydrogens is 200 g/mol. The largest absolute Gasteiger partial charge is 0.491 e. The minimum absolute atomic E-state index is 0.569. The highest BCUT2D eigenvalue weighted by Crippen LogP contribution is 2.26. The summed E-state index contributed by atoms with van der Waals surface area (Å²) in [6, 6.07) is 7.97. The van der Waals surface area contributed by atoms with Gasteiger partial charge < -0.3 is 10.5 Å². The van der Waals surface area contributed by atoms with E-state index in [2.05, 4.69) is 11.9 Å². The van der Waals surface area contributed by atoms with Gasteiger partial charge in [-0.2, -0.15) is 0 Å². The summed E-state index contributed by atoms with van der Waals surface area (Å²) in [6.45, 7) is 4.74. The van der Waals surface area contributed by atoms with Gasteiger partial charge in [0, 0.05) is 5.39 Å². The number of rotatable bonds is 3. The number of aryl methyl sites for hydroxylation is 1. The maximum Gasteiger partial charge on any atom is 0.145 e. The zero-order valence-corrected chi connectivity index (χ0v) is 9.66. The van der Waals surface area contributed by atoms with Crippen molar-refractivity contribution >= 4 is 16.7 Å². The summed E-state index contributed by atoms with van der Waals surface area (Å²) in [5, 5.41) is 1.07. The lowest BCUT2D eigenvalue weighted by Crippen LogP contribution is -1.99. The number of benzene rings is 1. The molecule has 2 N–H and O–H groups in total. The van der Waals surface area contributed by atoms with Crippen molar-refractivity contribution in [2.24, 2.45) is 0 Å². The smallest absolute Gasteiger partial charge is 0.145 e. The number of aromatic nitrogens is 1. The van der Waals surface area contributed by atoms with Crippen LogP contribution in [0.4, 0.5) is 5.82 Å². The molecule has 2 aromatic rings. The van der Waals surface area contributed by atoms with Gasteiger partial charge in [-0.25, -0.2) is 4.98 Å². The predicted molar refractivity (Wildman–Crippen MR) is 66.7 cm³/mol. The van der Waals surface area contributed by atoms with E-state index in [1.165, 1.54) is 0 Å². The minimum atomic E-state index is 0.569. The summed E-state index contributed by atoms with van der Waals surface area (Å²) in [4.78, 5) is 4.38. The number of ether oxygens (including phenoxy) is 1. The minimum Gasteiger partial charge on any atom is -0.491 e. The lowest BCUT2D eigenvalue weighted by atomic mass is 10.1. The summed E-state index contributed by atoms with van der Waals surface area (Å²) in [5.74, 6) is 1.38. The highest BCUT2D eigenvalue weighted by atomic mass is 16.5. The first-order valence-corrected chi connectivity index (χ1v) is 5.51. The third-order valence-corrected chi connectivity index (χ3v) is 2.50. The van der Waals surface area contributed by atoms with Crippen LogP contribution < -0.4 is 10.5 Å². The number of anilines is 1. The lowest BCUT2D eigenvalue weighted by Gasteiger charge is -2.09. The van der Waals surface area contributed by atoms with E-state index in [9.17, 15) is 0 Å². The van der Waals surface area contributed by atoms with Crippen molar-refractivity contribution in [3.63, 3.8) is 0 Å². The van der Waals surface area contributed by atoms with Crippen LogP contribution in [0.1, 0.15) is 18.9 Å². The number of hydrogen-bond donors (Lipinski definition) is 1. The van der Waals surface area contributed by atoms with Gasteiger partial charge in [-0.1, -0.05) is 19.1 Å². The van der Waals surface area contributed by atoms with E-state index in [0.717, 1.165) is 28.6 Å². The zero-order valence-electron chi connectivity index (χ0n) is 9.66. The van der Waals surface area contributed by atoms with E-state index >= 15 is 0 Å². The monoisotopic (exact) mass is 216 g/mol. The van der Waals surface area contributed by atoms with Crippen molar-refractivity contribution in [3.8, 4) is 5.75 Å². The number of fused-ring (bicyclic) bond motifs is 1. The number of nitrogen functional groups attached to an aromatic ring is 1. The molecule has 1 aromatic heterocycles. The summed E-state index contributed by atoms with van der Waals surface area (Å²) in [5.41, 5.74) is 7.66. The van der Waals surface area contributed by atoms with Crippen LogP contribution in [0.2, 0.25) is 0 Å². The first-order valence-electron chi connectivity index (χ1n) is 5.51. The van der Waals surface area contributed by atoms with Gasteiger partial charge in [0.2, 0.25) is 0 Å². The first-order chi connectivity index (χ1) is 7.72. The number of nitrogens with zero attached hydrogens (tertiary/aromatic N) is 1. The normalized spacial score (nSPS) is 10.6. The SMILES string of the molecule is CCCOc1cccc2cc(C)c(N)nc12. The average molecular weight is 216 g/mol. The Kier molecular flexibility index (Phi) is 2.95. The highest BCUT2D eigenvalue weighted by molar-refractivity contribution is 5.86. The zero-order chi connectivity index (χ0) is 11.5. The molecule has 0 saturated heterocycles. The van der Waals surface area contributed by atoms with E-state index < -0.39 is 0 Å². The van der Waals surface area contributed by atoms with Gasteiger partial charge in [-0.3, -0.25) is 0 Å². The topological polar surface area (TPSA) is 48.1 Å². The van der Waals surface area contributed by atoms with Crippen molar-refractivity contribution in [1.29, 1.82) is 0 Å². The molecule has 0 aliphatic heterocycles. The Balaban J connectivity index is 2.53. The van der Waals surface area contributed by atoms with Crippen LogP contribution >= 0.6 is 0 Å². The predicted octanol–water partition coefficient (Wildman–Crippen LogP) is 2.91. The van der Waals surface area contributed by atoms with Crippen molar-refractivity contribution in [3.05, 3.63) is 29.8 Å². The fraction of sp³-hybridized carbons (Fsp3) is 0.308. The molecule has 0 saturated carbocycles. The molecule has 3 nitrogen and oxygen atoms in total. The highest BCUT2D eigenvalue weighted by Gasteiger charge is 2.05. The number of hydrogen-bond acceptors (Lipinski definition) is 3. The van der Waals surface area contributed by atoms with Gasteiger partial charge in [0.05, 0.1) is 6.61 Å². The van der Waals surface area contributed by atoms with Gasteiger partial charge in [-0.05, 0) is 31.0 Å². The van der Waals surface area contributed by atoms with Gasteiger partial charge in [-0.15, -0.1) is 0 Å². The number of pyridine rings is 1. The molecule has 0 atom stereocenters. The molecule has 84 valence electrons. The van der Waals surface area contributed by atoms with Gasteiger partial charge >= 0.3 is 0 Å². The molecule has 3 heteroatoms. The van der Waals surface area contributed by atoms with E-state index in [1.54, 1.807) is 0 Å². The Hall–Kier alpha value is -1.77. The molecule has 16 heavy (non-hydrogen) atoms. The van der Waals surface area contributed by atoms with Crippen molar-refractivity contribution in [2.45, 2.75) is 20.3 Å². The molecule has 0 aliphatic rings. The fourth-order valence-electron chi connectivity index (χ4n) is 1.62. The molecule has 1 aromatic carbocycles. The molecule has 0 bridgehead atoms. The molecule has 0 radical (unpaired) electrons. The third kappa shape index (κ3) is 1.94. The van der Waals surface area contributed by atoms with E-state index in [4.69, 9.17) is 10.5 Å². The van der Waals surface area contributed by atoms with Crippen LogP contribution in [0.15, 0.2) is 24.3 Å². The third-order valence-electron chi connectivity index (χ3n) is 2.50. The molecule has 0 aliphatic carbocycles. The van der Waals surface area contributed by atoms with Crippen molar-refractivity contribution < 1.29 is 4.74 Å². The van der Waals surface area contributed by atoms with E-state index in [1.807, 2.05) is 31.2 Å². The van der Waals surface area contributed by atoms with Gasteiger partial charge in [0.1, 0.15) is 17.1 Å². The summed E-state index contributed by atoms with van der Waals surface area (Å²) in [7, 11) is 0. The van der Waals surface area contributed by atoms with E-state index in [-0.39, 0.29) is 0 Å². The van der Waals surface area contributed by atoms with Crippen LogP contribution in [0.25, 0.3) is 10.9 Å². The second kappa shape index (κ2) is 4.39. The molecule has 0 spiro atoms. The Morgan fingerprint density at radius 2 is 2.19 bits per heavy atom. The Morgan fingerprint density at radius 3 is 2.94 bits per heavy atom. The van der Waals surface area contributed by atoms with Crippen LogP contribution in [0.3, 0.4) is 0 Å². The maximum absolute atomic E-state index is 5.82. The van der Waals surface area contributed by atoms with Crippen LogP contribution in [0, 0.1) is 6.92 Å². The quantitative estimate of drug-likeness (QED) is 0.858. The second-order valence-electron chi connectivity index (χ2n) is 3.87. The average Bonchev–Trinajstić information content (AvgIpc) is 2.28. The van der Waals surface area contributed by atoms with Gasteiger partial charge in [0.15, 0.2) is 0 Å². The molecule has 0 fully saturated rings. The Morgan fingerprint density at radius 1 is 1.38 bits per heavy atom. The molecule has 0 unspecified atom stereocenters. The number of nitrogens with two attached hydrogens (primary N) is 1. The number of para-hydroxylation sites is 1. The summed E-state index contributed by atoms with van der Waals surface area (Å²) >= 11 is 0. The summed E-state index contributed by atoms with van der Waals surface area (Å²) in [6.07, 6.45) is 0.984. The van der Waals surface area contributed by atoms with Crippen molar-refractivity contribution in [1.82, 2.24) is 4.98 Å². The standard InChI is InChI=1S/C13H16N2O/c1-3-7-16-11-6-4-5-10-8-9(2)13(14)15-12(10)11/h4-6,8H,3,7H2,1-2H3,(H2,14,15). The molecule has 1 heterocycles. The molecule has 2 rings (SSSR count). The Bertz CT molecular complexity index is 509. The first kappa shape index (κ1) is 10.7. The van der Waals surface area contributed by atoms with Crippen LogP contribution in [0.5, 0.6) is 5.75 Å². The van der Waals surface area contributed by atoms with Crippen LogP contribution in [-0.4, -0.2) is 11.6 Å². The van der Waals surface area contributed by atoms with Crippen molar-refractivity contribution in [2.75, 3.05) is 12.3 Å². The molecular formula is C13H16N2O. The maximum atomic E-state index is 5.82. The summed E-state index contributed by atoms with van der Waals surface area (Å²) < 4.78 is 5.65. The molecule has 0 amide bonds. The fourth-order valence-corrected chi connectivity index (χ4v) is 1.62. The lowest BCUT2D eigenvalue weighted by molar-refractivity contribution is 0.320. The van der Waals surface area contributed by atoms with Gasteiger partial charge in [0.25, 0.3) is 0 Å². The van der Waals surface area contributed by atoms with Crippen LogP contribution in [-0.2, 0) is 0 Å².